The van der Waals surface area contributed by atoms with E-state index in [1.165, 1.54) is 19.3 Å². The lowest BCUT2D eigenvalue weighted by atomic mass is 10.4. The van der Waals surface area contributed by atoms with Crippen molar-refractivity contribution in [1.82, 2.24) is 14.5 Å². The lowest BCUT2D eigenvalue weighted by molar-refractivity contribution is 0.291. The van der Waals surface area contributed by atoms with E-state index in [9.17, 15) is 8.42 Å². The summed E-state index contributed by atoms with van der Waals surface area (Å²) >= 11 is 0. The molecule has 0 aliphatic carbocycles. The first-order valence-electron chi connectivity index (χ1n) is 5.52. The Morgan fingerprint density at radius 1 is 1.24 bits per heavy atom. The third-order valence-corrected chi connectivity index (χ3v) is 3.38. The molecule has 2 aliphatic rings. The number of piperazine rings is 1. The zero-order valence-corrected chi connectivity index (χ0v) is 10.9. The van der Waals surface area contributed by atoms with Gasteiger partial charge in [-0.2, -0.15) is 8.42 Å². The van der Waals surface area contributed by atoms with Crippen molar-refractivity contribution in [3.05, 3.63) is 24.4 Å². The number of likely N-dealkylation sites (N-methyl/N-ethyl adjacent to an activating group) is 1. The van der Waals surface area contributed by atoms with Crippen molar-refractivity contribution in [1.29, 1.82) is 0 Å². The van der Waals surface area contributed by atoms with Crippen LogP contribution in [-0.2, 0) is 10.2 Å². The van der Waals surface area contributed by atoms with Crippen LogP contribution in [0.5, 0.6) is 0 Å². The maximum atomic E-state index is 10.6. The predicted molar refractivity (Wildman–Crippen MR) is 68.5 cm³/mol. The summed E-state index contributed by atoms with van der Waals surface area (Å²) in [7, 11) is -1.38. The molecule has 0 amide bonds. The summed E-state index contributed by atoms with van der Waals surface area (Å²) in [4.78, 5) is 2.33. The van der Waals surface area contributed by atoms with Crippen LogP contribution >= 0.6 is 0 Å². The minimum Gasteiger partial charge on any atom is -0.314 e. The number of hydrogen-bond donors (Lipinski definition) is 2. The number of allylic oxidation sites excluding steroid dienone is 2. The Balaban J connectivity index is 0.000000181. The molecule has 0 spiro atoms. The van der Waals surface area contributed by atoms with Crippen LogP contribution in [0.25, 0.3) is 0 Å². The number of hydrogen-bond acceptors (Lipinski definition) is 4. The SMILES string of the molecule is CN1CCNCC1.NS(=O)(=O)N1C=CC=CC1. The van der Waals surface area contributed by atoms with Gasteiger partial charge in [-0.3, -0.25) is 4.31 Å². The van der Waals surface area contributed by atoms with Gasteiger partial charge >= 0.3 is 0 Å². The lowest BCUT2D eigenvalue weighted by Gasteiger charge is -2.21. The van der Waals surface area contributed by atoms with E-state index in [2.05, 4.69) is 17.3 Å². The number of rotatable bonds is 1. The van der Waals surface area contributed by atoms with Gasteiger partial charge in [0.05, 0.1) is 6.54 Å². The van der Waals surface area contributed by atoms with Crippen LogP contribution in [0.1, 0.15) is 0 Å². The van der Waals surface area contributed by atoms with E-state index in [0.29, 0.717) is 6.54 Å². The Morgan fingerprint density at radius 3 is 2.18 bits per heavy atom. The summed E-state index contributed by atoms with van der Waals surface area (Å²) < 4.78 is 22.3. The van der Waals surface area contributed by atoms with E-state index in [4.69, 9.17) is 5.14 Å². The highest BCUT2D eigenvalue weighted by molar-refractivity contribution is 7.86. The summed E-state index contributed by atoms with van der Waals surface area (Å²) in [6.45, 7) is 5.07. The van der Waals surface area contributed by atoms with Gasteiger partial charge in [0, 0.05) is 32.4 Å². The minimum absolute atomic E-state index is 0.329. The van der Waals surface area contributed by atoms with Crippen molar-refractivity contribution in [3.8, 4) is 0 Å². The van der Waals surface area contributed by atoms with Crippen molar-refractivity contribution in [3.63, 3.8) is 0 Å². The highest BCUT2D eigenvalue weighted by atomic mass is 32.2. The Labute approximate surface area is 103 Å². The quantitative estimate of drug-likeness (QED) is 0.640. The Hall–Kier alpha value is -0.890. The van der Waals surface area contributed by atoms with Gasteiger partial charge in [0.15, 0.2) is 0 Å². The maximum Gasteiger partial charge on any atom is 0.298 e. The first-order chi connectivity index (χ1) is 8.00. The summed E-state index contributed by atoms with van der Waals surface area (Å²) in [5.41, 5.74) is 0. The normalized spacial score (nSPS) is 20.9. The molecule has 0 bridgehead atoms. The van der Waals surface area contributed by atoms with Crippen LogP contribution in [-0.4, -0.2) is 57.4 Å². The van der Waals surface area contributed by atoms with E-state index in [1.807, 2.05) is 0 Å². The molecule has 1 saturated heterocycles. The Bertz CT molecular complexity index is 372. The monoisotopic (exact) mass is 260 g/mol. The molecule has 6 nitrogen and oxygen atoms in total. The van der Waals surface area contributed by atoms with Crippen molar-refractivity contribution in [2.45, 2.75) is 0 Å². The van der Waals surface area contributed by atoms with Gasteiger partial charge in [-0.1, -0.05) is 12.2 Å². The van der Waals surface area contributed by atoms with Gasteiger partial charge < -0.3 is 10.2 Å². The van der Waals surface area contributed by atoms with Crippen LogP contribution < -0.4 is 10.5 Å². The van der Waals surface area contributed by atoms with Crippen molar-refractivity contribution in [2.24, 2.45) is 5.14 Å². The molecule has 0 aromatic heterocycles. The highest BCUT2D eigenvalue weighted by Gasteiger charge is 2.10. The Kier molecular flexibility index (Phi) is 5.63. The van der Waals surface area contributed by atoms with Gasteiger partial charge in [-0.05, 0) is 13.1 Å². The first-order valence-corrected chi connectivity index (χ1v) is 7.02. The van der Waals surface area contributed by atoms with Crippen molar-refractivity contribution >= 4 is 10.2 Å². The second-order valence-electron chi connectivity index (χ2n) is 3.94. The molecular formula is C10H20N4O2S. The van der Waals surface area contributed by atoms with Crippen molar-refractivity contribution < 1.29 is 8.42 Å². The molecule has 0 aromatic rings. The summed E-state index contributed by atoms with van der Waals surface area (Å²) in [6, 6.07) is 0. The smallest absolute Gasteiger partial charge is 0.298 e. The molecule has 0 saturated carbocycles. The van der Waals surface area contributed by atoms with Crippen LogP contribution in [0.15, 0.2) is 24.4 Å². The second-order valence-corrected chi connectivity index (χ2v) is 5.44. The molecule has 98 valence electrons. The van der Waals surface area contributed by atoms with Gasteiger partial charge in [-0.25, -0.2) is 5.14 Å². The largest absolute Gasteiger partial charge is 0.314 e. The predicted octanol–water partition coefficient (Wildman–Crippen LogP) is -0.903. The lowest BCUT2D eigenvalue weighted by Crippen LogP contribution is -2.40. The standard InChI is InChI=1S/C5H8N2O2S.C5H12N2/c6-10(8,9)7-4-2-1-3-5-7;1-7-4-2-6-3-5-7/h1-4H,5H2,(H2,6,8,9);6H,2-5H2,1H3. The summed E-state index contributed by atoms with van der Waals surface area (Å²) in [6.07, 6.45) is 6.52. The molecule has 2 heterocycles. The molecule has 2 rings (SSSR count). The fourth-order valence-electron chi connectivity index (χ4n) is 1.42. The minimum atomic E-state index is -3.53. The van der Waals surface area contributed by atoms with Gasteiger partial charge in [0.2, 0.25) is 0 Å². The molecule has 0 aromatic carbocycles. The van der Waals surface area contributed by atoms with Gasteiger partial charge in [-0.15, -0.1) is 0 Å². The molecule has 2 aliphatic heterocycles. The van der Waals surface area contributed by atoms with Crippen molar-refractivity contribution in [2.75, 3.05) is 39.8 Å². The fraction of sp³-hybridized carbons (Fsp3) is 0.600. The summed E-state index contributed by atoms with van der Waals surface area (Å²) in [5.74, 6) is 0. The molecule has 1 fully saturated rings. The summed E-state index contributed by atoms with van der Waals surface area (Å²) in [5, 5.41) is 8.10. The molecule has 3 N–H and O–H groups in total. The van der Waals surface area contributed by atoms with E-state index < -0.39 is 10.2 Å². The number of nitrogens with two attached hydrogens (primary N) is 1. The molecule has 0 atom stereocenters. The average molecular weight is 260 g/mol. The number of nitrogens with zero attached hydrogens (tertiary/aromatic N) is 2. The van der Waals surface area contributed by atoms with E-state index >= 15 is 0 Å². The molecule has 0 unspecified atom stereocenters. The van der Waals surface area contributed by atoms with Crippen LogP contribution in [0, 0.1) is 0 Å². The van der Waals surface area contributed by atoms with E-state index in [1.54, 1.807) is 18.2 Å². The van der Waals surface area contributed by atoms with Gasteiger partial charge in [0.1, 0.15) is 0 Å². The highest BCUT2D eigenvalue weighted by Crippen LogP contribution is 2.00. The second kappa shape index (κ2) is 6.75. The first kappa shape index (κ1) is 14.2. The Morgan fingerprint density at radius 2 is 1.88 bits per heavy atom. The topological polar surface area (TPSA) is 78.7 Å². The number of nitrogens with one attached hydrogen (secondary N) is 1. The zero-order chi connectivity index (χ0) is 12.7. The maximum absolute atomic E-state index is 10.6. The molecular weight excluding hydrogens is 240 g/mol. The zero-order valence-electron chi connectivity index (χ0n) is 10.0. The van der Waals surface area contributed by atoms with E-state index in [-0.39, 0.29) is 0 Å². The van der Waals surface area contributed by atoms with Crippen LogP contribution in [0.2, 0.25) is 0 Å². The molecule has 0 radical (unpaired) electrons. The molecule has 17 heavy (non-hydrogen) atoms. The fourth-order valence-corrected chi connectivity index (χ4v) is 1.95. The average Bonchev–Trinajstić information content (AvgIpc) is 2.31. The van der Waals surface area contributed by atoms with Crippen LogP contribution in [0.3, 0.4) is 0 Å². The molecule has 7 heteroatoms. The third kappa shape index (κ3) is 5.83. The van der Waals surface area contributed by atoms with E-state index in [0.717, 1.165) is 17.4 Å². The van der Waals surface area contributed by atoms with Gasteiger partial charge in [0.25, 0.3) is 10.2 Å². The third-order valence-electron chi connectivity index (χ3n) is 2.45. The van der Waals surface area contributed by atoms with Crippen LogP contribution in [0.4, 0.5) is 0 Å².